The van der Waals surface area contributed by atoms with Crippen molar-refractivity contribution in [3.05, 3.63) is 0 Å². The Labute approximate surface area is 54.3 Å². The van der Waals surface area contributed by atoms with E-state index in [1.165, 1.54) is 0 Å². The van der Waals surface area contributed by atoms with Gasteiger partial charge >= 0.3 is 43.4 Å². The van der Waals surface area contributed by atoms with E-state index in [1.54, 1.807) is 0 Å². The third-order valence-electron chi connectivity index (χ3n) is 0. The van der Waals surface area contributed by atoms with E-state index in [-0.39, 0.29) is 54.3 Å². The fourth-order valence-corrected chi connectivity index (χ4v) is 0. The average molecular weight is 222 g/mol. The molecule has 0 unspecified atom stereocenters. The molecule has 0 bridgehead atoms. The summed E-state index contributed by atoms with van der Waals surface area (Å²) in [5, 5.41) is 0. The third-order valence-corrected chi connectivity index (χ3v) is 0. The van der Waals surface area contributed by atoms with Crippen LogP contribution in [0.3, 0.4) is 0 Å². The zero-order chi connectivity index (χ0) is 0. The third kappa shape index (κ3) is 10.2. The Balaban J connectivity index is 0. The van der Waals surface area contributed by atoms with Crippen molar-refractivity contribution in [3.63, 3.8) is 0 Å². The van der Waals surface area contributed by atoms with Crippen LogP contribution in [-0.2, 0) is 19.5 Å². The van der Waals surface area contributed by atoms with Crippen molar-refractivity contribution in [1.29, 1.82) is 0 Å². The van der Waals surface area contributed by atoms with Crippen molar-refractivity contribution in [3.8, 4) is 0 Å². The van der Waals surface area contributed by atoms with Crippen LogP contribution in [0.4, 0.5) is 0 Å². The van der Waals surface area contributed by atoms with Crippen LogP contribution >= 0.6 is 0 Å². The van der Waals surface area contributed by atoms with Crippen LogP contribution in [0.5, 0.6) is 0 Å². The van der Waals surface area contributed by atoms with Crippen LogP contribution in [0.25, 0.3) is 0 Å². The molecule has 0 saturated carbocycles. The van der Waals surface area contributed by atoms with Crippen molar-refractivity contribution < 1.29 is 30.4 Å². The van der Waals surface area contributed by atoms with E-state index >= 15 is 0 Å². The van der Waals surface area contributed by atoms with Gasteiger partial charge in [0.15, 0.2) is 0 Å². The average Bonchev–Trinajstić information content (AvgIpc) is 0. The van der Waals surface area contributed by atoms with Crippen molar-refractivity contribution >= 4 is 23.9 Å². The van der Waals surface area contributed by atoms with Gasteiger partial charge in [-0.05, 0) is 0 Å². The van der Waals surface area contributed by atoms with Crippen LogP contribution in [0, 0.1) is 0 Å². The molecule has 4 heteroatoms. The fraction of sp³-hybridized carbons (Fsp3) is 0. The Kier molecular flexibility index (Phi) is 376. The molecule has 4 heavy (non-hydrogen) atoms. The first-order valence-corrected chi connectivity index (χ1v) is 0. The molecule has 0 aliphatic carbocycles. The Morgan fingerprint density at radius 1 is 0.750 bits per heavy atom. The second kappa shape index (κ2) is 26.9. The van der Waals surface area contributed by atoms with Crippen molar-refractivity contribution in [2.45, 2.75) is 0 Å². The minimum atomic E-state index is 0. The van der Waals surface area contributed by atoms with Crippen molar-refractivity contribution in [2.75, 3.05) is 0 Å². The van der Waals surface area contributed by atoms with E-state index in [0.29, 0.717) is 0 Å². The summed E-state index contributed by atoms with van der Waals surface area (Å²) in [5.41, 5.74) is 0. The second-order valence-corrected chi connectivity index (χ2v) is 0. The summed E-state index contributed by atoms with van der Waals surface area (Å²) >= 11 is 0. The van der Waals surface area contributed by atoms with Gasteiger partial charge in [-0.15, -0.1) is 0 Å². The minimum absolute atomic E-state index is 0. The van der Waals surface area contributed by atoms with Gasteiger partial charge in [-0.1, -0.05) is 0 Å². The van der Waals surface area contributed by atoms with Gasteiger partial charge in [0.25, 0.3) is 0 Å². The molecule has 0 aromatic heterocycles. The largest absolute Gasteiger partial charge is 2.00 e. The monoisotopic (exact) mass is 222 g/mol. The topological polar surface area (TPSA) is 60.0 Å². The molecule has 0 aliphatic rings. The number of hydrogen-bond acceptors (Lipinski definition) is 2. The van der Waals surface area contributed by atoms with Crippen LogP contribution in [0.1, 0.15) is 0 Å². The van der Waals surface area contributed by atoms with Gasteiger partial charge in [0, 0.05) is 0 Å². The molecule has 24 valence electrons. The second-order valence-electron chi connectivity index (χ2n) is 0. The number of rotatable bonds is 0. The molecular formula is H6O2SnZn. The Morgan fingerprint density at radius 2 is 0.750 bits per heavy atom. The molecule has 0 spiro atoms. The summed E-state index contributed by atoms with van der Waals surface area (Å²) in [6.07, 6.45) is 0. The van der Waals surface area contributed by atoms with Gasteiger partial charge in [0.05, 0.1) is 0 Å². The van der Waals surface area contributed by atoms with E-state index in [2.05, 4.69) is 0 Å². The van der Waals surface area contributed by atoms with Crippen molar-refractivity contribution in [2.24, 2.45) is 0 Å². The van der Waals surface area contributed by atoms with E-state index in [9.17, 15) is 0 Å². The van der Waals surface area contributed by atoms with Gasteiger partial charge in [-0.2, -0.15) is 0 Å². The smallest absolute Gasteiger partial charge is 2.00 e. The van der Waals surface area contributed by atoms with Gasteiger partial charge in [-0.25, -0.2) is 0 Å². The van der Waals surface area contributed by atoms with Crippen LogP contribution < -0.4 is 0 Å². The van der Waals surface area contributed by atoms with E-state index in [4.69, 9.17) is 0 Å². The quantitative estimate of drug-likeness (QED) is 0.454. The molecule has 0 radical (unpaired) electrons. The maximum Gasteiger partial charge on any atom is 2.00 e. The first-order valence-electron chi connectivity index (χ1n) is 0. The normalized spacial score (nSPS) is 0. The summed E-state index contributed by atoms with van der Waals surface area (Å²) in [4.78, 5) is 0. The SMILES string of the molecule is [OH-].[OH-].[SnH4].[Zn+2]. The summed E-state index contributed by atoms with van der Waals surface area (Å²) in [6, 6.07) is 0. The predicted octanol–water partition coefficient (Wildman–Crippen LogP) is -1.81. The predicted molar refractivity (Wildman–Crippen MR) is 15.2 cm³/mol. The summed E-state index contributed by atoms with van der Waals surface area (Å²) in [7, 11) is 0. The van der Waals surface area contributed by atoms with Gasteiger partial charge in [0.1, 0.15) is 0 Å². The van der Waals surface area contributed by atoms with E-state index in [1.807, 2.05) is 0 Å². The first kappa shape index (κ1) is 55.9. The molecule has 0 heterocycles. The maximum absolute atomic E-state index is 0. The maximum atomic E-state index is 0. The van der Waals surface area contributed by atoms with Crippen LogP contribution in [0.2, 0.25) is 0 Å². The van der Waals surface area contributed by atoms with Gasteiger partial charge in [-0.3, -0.25) is 0 Å². The standard InChI is InChI=1S/2H2O.Sn.Zn.4H/h2*1H2;;;;;;/q;;;+2;;;;/p-2. The Bertz CT molecular complexity index is 6.00. The molecule has 0 saturated heterocycles. The van der Waals surface area contributed by atoms with Crippen LogP contribution in [-0.4, -0.2) is 34.9 Å². The Morgan fingerprint density at radius 3 is 0.750 bits per heavy atom. The molecular weight excluding hydrogens is 216 g/mol. The van der Waals surface area contributed by atoms with Crippen molar-refractivity contribution in [1.82, 2.24) is 0 Å². The van der Waals surface area contributed by atoms with Gasteiger partial charge in [0.2, 0.25) is 0 Å². The molecule has 0 fully saturated rings. The summed E-state index contributed by atoms with van der Waals surface area (Å²) < 4.78 is 0. The zero-order valence-corrected chi connectivity index (χ0v) is 4.57. The van der Waals surface area contributed by atoms with Gasteiger partial charge < -0.3 is 11.0 Å². The van der Waals surface area contributed by atoms with Crippen LogP contribution in [0.15, 0.2) is 0 Å². The molecule has 0 amide bonds. The molecule has 0 rings (SSSR count). The van der Waals surface area contributed by atoms with E-state index in [0.717, 1.165) is 0 Å². The molecule has 0 atom stereocenters. The molecule has 0 aromatic rings. The fourth-order valence-electron chi connectivity index (χ4n) is 0. The molecule has 0 aliphatic heterocycles. The minimum Gasteiger partial charge on any atom is 2.00 e. The zero-order valence-electron chi connectivity index (χ0n) is 1.60. The number of hydrogen-bond donors (Lipinski definition) is 0. The molecule has 0 aromatic carbocycles. The summed E-state index contributed by atoms with van der Waals surface area (Å²) in [5.74, 6) is 0. The van der Waals surface area contributed by atoms with E-state index < -0.39 is 0 Å². The molecule has 2 N–H and O–H groups in total. The first-order chi connectivity index (χ1) is 0. The molecule has 2 nitrogen and oxygen atoms in total. The Hall–Kier alpha value is 1.34. The summed E-state index contributed by atoms with van der Waals surface area (Å²) in [6.45, 7) is 0.